The van der Waals surface area contributed by atoms with Gasteiger partial charge in [-0.05, 0) is 28.0 Å². The Labute approximate surface area is 100 Å². The van der Waals surface area contributed by atoms with Gasteiger partial charge in [0.1, 0.15) is 0 Å². The van der Waals surface area contributed by atoms with E-state index in [0.717, 1.165) is 0 Å². The number of anilines is 1. The summed E-state index contributed by atoms with van der Waals surface area (Å²) in [5.41, 5.74) is 4.48. The molecule has 16 heavy (non-hydrogen) atoms. The van der Waals surface area contributed by atoms with Crippen molar-refractivity contribution in [3.05, 3.63) is 29.3 Å². The summed E-state index contributed by atoms with van der Waals surface area (Å²) in [6, 6.07) is 6.55. The molecule has 1 nitrogen and oxygen atoms in total. The molecule has 0 amide bonds. The second-order valence-corrected chi connectivity index (χ2v) is 6.48. The fourth-order valence-electron chi connectivity index (χ4n) is 2.19. The maximum Gasteiger partial charge on any atom is 0.0378 e. The number of benzene rings is 1. The average molecular weight is 219 g/mol. The zero-order chi connectivity index (χ0) is 12.6. The first-order chi connectivity index (χ1) is 7.18. The Kier molecular flexibility index (Phi) is 3.37. The van der Waals surface area contributed by atoms with Crippen LogP contribution in [0, 0.1) is 0 Å². The Morgan fingerprint density at radius 3 is 1.81 bits per heavy atom. The van der Waals surface area contributed by atoms with Gasteiger partial charge in [-0.15, -0.1) is 0 Å². The van der Waals surface area contributed by atoms with Crippen molar-refractivity contribution in [2.75, 3.05) is 12.4 Å². The fourth-order valence-corrected chi connectivity index (χ4v) is 2.19. The van der Waals surface area contributed by atoms with Crippen LogP contribution in [0.3, 0.4) is 0 Å². The third kappa shape index (κ3) is 2.58. The standard InChI is InChI=1S/C15H25N/c1-14(2,3)11-9-8-10-12(16-7)13(11)15(4,5)6/h8-10,16H,1-7H3. The highest BCUT2D eigenvalue weighted by atomic mass is 14.8. The highest BCUT2D eigenvalue weighted by Crippen LogP contribution is 2.38. The zero-order valence-electron chi connectivity index (χ0n) is 11.7. The number of hydrogen-bond acceptors (Lipinski definition) is 1. The van der Waals surface area contributed by atoms with Crippen LogP contribution in [0.4, 0.5) is 5.69 Å². The molecule has 0 unspecified atom stereocenters. The zero-order valence-corrected chi connectivity index (χ0v) is 11.7. The van der Waals surface area contributed by atoms with Gasteiger partial charge in [0, 0.05) is 12.7 Å². The van der Waals surface area contributed by atoms with Crippen molar-refractivity contribution in [2.24, 2.45) is 0 Å². The van der Waals surface area contributed by atoms with Gasteiger partial charge in [0.15, 0.2) is 0 Å². The lowest BCUT2D eigenvalue weighted by Crippen LogP contribution is -2.23. The van der Waals surface area contributed by atoms with E-state index in [4.69, 9.17) is 0 Å². The number of hydrogen-bond donors (Lipinski definition) is 1. The van der Waals surface area contributed by atoms with Gasteiger partial charge in [-0.1, -0.05) is 53.7 Å². The first kappa shape index (κ1) is 13.1. The molecule has 0 bridgehead atoms. The first-order valence-corrected chi connectivity index (χ1v) is 5.99. The van der Waals surface area contributed by atoms with Crippen LogP contribution in [0.25, 0.3) is 0 Å². The smallest absolute Gasteiger partial charge is 0.0378 e. The summed E-state index contributed by atoms with van der Waals surface area (Å²) in [6.45, 7) is 13.7. The summed E-state index contributed by atoms with van der Waals surface area (Å²) in [5.74, 6) is 0. The molecule has 0 saturated carbocycles. The minimum atomic E-state index is 0.169. The summed E-state index contributed by atoms with van der Waals surface area (Å²) < 4.78 is 0. The van der Waals surface area contributed by atoms with Crippen LogP contribution in [0.5, 0.6) is 0 Å². The van der Waals surface area contributed by atoms with Gasteiger partial charge in [-0.2, -0.15) is 0 Å². The van der Waals surface area contributed by atoms with Gasteiger partial charge in [-0.3, -0.25) is 0 Å². The SMILES string of the molecule is CNc1cccc(C(C)(C)C)c1C(C)(C)C. The van der Waals surface area contributed by atoms with Crippen molar-refractivity contribution >= 4 is 5.69 Å². The molecule has 1 heteroatoms. The average Bonchev–Trinajstić information content (AvgIpc) is 2.13. The van der Waals surface area contributed by atoms with Gasteiger partial charge in [0.05, 0.1) is 0 Å². The molecule has 0 aliphatic heterocycles. The van der Waals surface area contributed by atoms with Crippen LogP contribution in [-0.2, 0) is 10.8 Å². The summed E-state index contributed by atoms with van der Waals surface area (Å²) in [7, 11) is 2.00. The predicted molar refractivity (Wildman–Crippen MR) is 73.4 cm³/mol. The lowest BCUT2D eigenvalue weighted by Gasteiger charge is -2.32. The van der Waals surface area contributed by atoms with Crippen LogP contribution in [-0.4, -0.2) is 7.05 Å². The number of rotatable bonds is 1. The van der Waals surface area contributed by atoms with Gasteiger partial charge in [0.2, 0.25) is 0 Å². The van der Waals surface area contributed by atoms with Crippen LogP contribution >= 0.6 is 0 Å². The van der Waals surface area contributed by atoms with Crippen LogP contribution in [0.2, 0.25) is 0 Å². The van der Waals surface area contributed by atoms with E-state index >= 15 is 0 Å². The van der Waals surface area contributed by atoms with E-state index in [0.29, 0.717) is 0 Å². The van der Waals surface area contributed by atoms with Crippen molar-refractivity contribution in [1.82, 2.24) is 0 Å². The molecule has 0 atom stereocenters. The van der Waals surface area contributed by atoms with Crippen molar-refractivity contribution in [3.63, 3.8) is 0 Å². The lowest BCUT2D eigenvalue weighted by molar-refractivity contribution is 0.532. The third-order valence-electron chi connectivity index (χ3n) is 2.89. The maximum absolute atomic E-state index is 3.31. The maximum atomic E-state index is 3.31. The first-order valence-electron chi connectivity index (χ1n) is 5.99. The summed E-state index contributed by atoms with van der Waals surface area (Å²) in [6.07, 6.45) is 0. The quantitative estimate of drug-likeness (QED) is 0.741. The normalized spacial score (nSPS) is 12.7. The van der Waals surface area contributed by atoms with E-state index in [-0.39, 0.29) is 10.8 Å². The Morgan fingerprint density at radius 1 is 0.875 bits per heavy atom. The van der Waals surface area contributed by atoms with Crippen molar-refractivity contribution in [2.45, 2.75) is 52.4 Å². The fraction of sp³-hybridized carbons (Fsp3) is 0.600. The van der Waals surface area contributed by atoms with Gasteiger partial charge >= 0.3 is 0 Å². The summed E-state index contributed by atoms with van der Waals surface area (Å²) in [5, 5.41) is 3.31. The topological polar surface area (TPSA) is 12.0 Å². The van der Waals surface area contributed by atoms with Crippen molar-refractivity contribution in [1.29, 1.82) is 0 Å². The van der Waals surface area contributed by atoms with E-state index in [1.165, 1.54) is 16.8 Å². The second-order valence-electron chi connectivity index (χ2n) is 6.48. The summed E-state index contributed by atoms with van der Waals surface area (Å²) in [4.78, 5) is 0. The molecular formula is C15H25N. The molecule has 0 spiro atoms. The molecular weight excluding hydrogens is 194 g/mol. The molecule has 1 N–H and O–H groups in total. The van der Waals surface area contributed by atoms with Crippen LogP contribution < -0.4 is 5.32 Å². The minimum Gasteiger partial charge on any atom is -0.388 e. The van der Waals surface area contributed by atoms with Crippen molar-refractivity contribution < 1.29 is 0 Å². The molecule has 0 radical (unpaired) electrons. The van der Waals surface area contributed by atoms with E-state index in [2.05, 4.69) is 65.1 Å². The Morgan fingerprint density at radius 2 is 1.44 bits per heavy atom. The molecule has 1 aromatic rings. The second kappa shape index (κ2) is 4.12. The summed E-state index contributed by atoms with van der Waals surface area (Å²) >= 11 is 0. The van der Waals surface area contributed by atoms with E-state index in [9.17, 15) is 0 Å². The monoisotopic (exact) mass is 219 g/mol. The Balaban J connectivity index is 3.51. The molecule has 0 aromatic heterocycles. The van der Waals surface area contributed by atoms with Gasteiger partial charge in [0.25, 0.3) is 0 Å². The van der Waals surface area contributed by atoms with Crippen LogP contribution in [0.1, 0.15) is 52.7 Å². The molecule has 0 heterocycles. The van der Waals surface area contributed by atoms with Gasteiger partial charge < -0.3 is 5.32 Å². The van der Waals surface area contributed by atoms with E-state index in [1.54, 1.807) is 0 Å². The van der Waals surface area contributed by atoms with E-state index in [1.807, 2.05) is 7.05 Å². The Bertz CT molecular complexity index is 364. The molecule has 0 aliphatic rings. The molecule has 90 valence electrons. The lowest BCUT2D eigenvalue weighted by atomic mass is 9.74. The minimum absolute atomic E-state index is 0.169. The Hall–Kier alpha value is -0.980. The predicted octanol–water partition coefficient (Wildman–Crippen LogP) is 4.32. The van der Waals surface area contributed by atoms with Gasteiger partial charge in [-0.25, -0.2) is 0 Å². The molecule has 1 aromatic carbocycles. The van der Waals surface area contributed by atoms with E-state index < -0.39 is 0 Å². The number of nitrogens with one attached hydrogen (secondary N) is 1. The molecule has 1 rings (SSSR count). The largest absolute Gasteiger partial charge is 0.388 e. The van der Waals surface area contributed by atoms with Crippen molar-refractivity contribution in [3.8, 4) is 0 Å². The highest BCUT2D eigenvalue weighted by molar-refractivity contribution is 5.59. The third-order valence-corrected chi connectivity index (χ3v) is 2.89. The van der Waals surface area contributed by atoms with Crippen LogP contribution in [0.15, 0.2) is 18.2 Å². The molecule has 0 saturated heterocycles. The highest BCUT2D eigenvalue weighted by Gasteiger charge is 2.26. The molecule has 0 aliphatic carbocycles. The molecule has 0 fully saturated rings.